The molecule has 3 N–H and O–H groups in total. The maximum absolute atomic E-state index is 12.6. The zero-order valence-corrected chi connectivity index (χ0v) is 18.0. The second kappa shape index (κ2) is 9.28. The molecule has 0 spiro atoms. The summed E-state index contributed by atoms with van der Waals surface area (Å²) in [5.41, 5.74) is 11.2. The van der Waals surface area contributed by atoms with E-state index in [1.807, 2.05) is 42.5 Å². The van der Waals surface area contributed by atoms with Gasteiger partial charge in [-0.05, 0) is 59.5 Å². The van der Waals surface area contributed by atoms with Crippen LogP contribution in [-0.4, -0.2) is 5.91 Å². The monoisotopic (exact) mass is 488 g/mol. The van der Waals surface area contributed by atoms with Gasteiger partial charge in [-0.15, -0.1) is 0 Å². The highest BCUT2D eigenvalue weighted by Gasteiger charge is 2.10. The second-order valence-electron chi connectivity index (χ2n) is 6.30. The van der Waals surface area contributed by atoms with E-state index in [4.69, 9.17) is 5.73 Å². The topological polar surface area (TPSA) is 55.1 Å². The molecule has 0 radical (unpaired) electrons. The van der Waals surface area contributed by atoms with E-state index in [-0.39, 0.29) is 5.91 Å². The first-order chi connectivity index (χ1) is 13.1. The molecule has 1 amide bonds. The van der Waals surface area contributed by atoms with Gasteiger partial charge in [-0.25, -0.2) is 0 Å². The number of anilines is 2. The molecule has 138 valence electrons. The van der Waals surface area contributed by atoms with Gasteiger partial charge >= 0.3 is 0 Å². The largest absolute Gasteiger partial charge is 0.397 e. The van der Waals surface area contributed by atoms with E-state index in [0.717, 1.165) is 24.0 Å². The fourth-order valence-electron chi connectivity index (χ4n) is 2.85. The zero-order valence-electron chi connectivity index (χ0n) is 15.0. The first-order valence-electron chi connectivity index (χ1n) is 8.79. The second-order valence-corrected chi connectivity index (χ2v) is 8.25. The Balaban J connectivity index is 1.80. The van der Waals surface area contributed by atoms with Gasteiger partial charge in [0, 0.05) is 31.7 Å². The van der Waals surface area contributed by atoms with Crippen LogP contribution in [0.2, 0.25) is 0 Å². The standard InChI is InChI=1S/C22H21IN2OS/c1-2-3-15-4-6-17(7-5-15)22(26)25-21-14-18(10-13-20(21)24)16-8-11-19(27-23)12-9-16/h4-14H,2-3,24H2,1H3,(H,25,26). The SMILES string of the molecule is CCCc1ccc(C(=O)Nc2cc(-c3ccc(SI)cc3)ccc2N)cc1. The minimum atomic E-state index is -0.154. The molecule has 3 rings (SSSR count). The van der Waals surface area contributed by atoms with E-state index >= 15 is 0 Å². The number of aryl methyl sites for hydroxylation is 1. The van der Waals surface area contributed by atoms with Gasteiger partial charge in [-0.2, -0.15) is 0 Å². The van der Waals surface area contributed by atoms with Crippen LogP contribution in [-0.2, 0) is 6.42 Å². The summed E-state index contributed by atoms with van der Waals surface area (Å²) in [6.45, 7) is 2.14. The Bertz CT molecular complexity index is 924. The Hall–Kier alpha value is -1.99. The number of carbonyl (C=O) groups is 1. The summed E-state index contributed by atoms with van der Waals surface area (Å²) in [5, 5.41) is 2.94. The minimum Gasteiger partial charge on any atom is -0.397 e. The molecule has 5 heteroatoms. The van der Waals surface area contributed by atoms with Crippen molar-refractivity contribution >= 4 is 47.4 Å². The molecule has 0 atom stereocenters. The number of carbonyl (C=O) groups excluding carboxylic acids is 1. The summed E-state index contributed by atoms with van der Waals surface area (Å²) in [7, 11) is 1.68. The first-order valence-corrected chi connectivity index (χ1v) is 12.2. The lowest BCUT2D eigenvalue weighted by atomic mass is 10.0. The van der Waals surface area contributed by atoms with Crippen molar-refractivity contribution < 1.29 is 4.79 Å². The van der Waals surface area contributed by atoms with Gasteiger partial charge in [-0.1, -0.05) is 52.6 Å². The van der Waals surface area contributed by atoms with Crippen molar-refractivity contribution in [2.75, 3.05) is 11.1 Å². The molecule has 0 aromatic heterocycles. The van der Waals surface area contributed by atoms with Crippen LogP contribution >= 0.6 is 30.1 Å². The lowest BCUT2D eigenvalue weighted by molar-refractivity contribution is 0.102. The number of rotatable bonds is 6. The van der Waals surface area contributed by atoms with Crippen LogP contribution in [0.5, 0.6) is 0 Å². The molecular weight excluding hydrogens is 467 g/mol. The van der Waals surface area contributed by atoms with Crippen molar-refractivity contribution in [3.8, 4) is 11.1 Å². The van der Waals surface area contributed by atoms with Gasteiger partial charge in [0.1, 0.15) is 0 Å². The van der Waals surface area contributed by atoms with Crippen LogP contribution in [0.3, 0.4) is 0 Å². The third-order valence-electron chi connectivity index (χ3n) is 4.33. The number of nitrogens with one attached hydrogen (secondary N) is 1. The van der Waals surface area contributed by atoms with Gasteiger partial charge < -0.3 is 11.1 Å². The highest BCUT2D eigenvalue weighted by atomic mass is 127. The third-order valence-corrected chi connectivity index (χ3v) is 6.31. The normalized spacial score (nSPS) is 10.6. The Labute approximate surface area is 176 Å². The smallest absolute Gasteiger partial charge is 0.255 e. The van der Waals surface area contributed by atoms with Crippen molar-refractivity contribution in [3.63, 3.8) is 0 Å². The Kier molecular flexibility index (Phi) is 6.79. The molecule has 0 unspecified atom stereocenters. The lowest BCUT2D eigenvalue weighted by Crippen LogP contribution is -2.13. The number of nitrogens with two attached hydrogens (primary N) is 1. The van der Waals surface area contributed by atoms with Gasteiger partial charge in [0.15, 0.2) is 0 Å². The van der Waals surface area contributed by atoms with Crippen LogP contribution in [0.1, 0.15) is 29.3 Å². The number of hydrogen-bond donors (Lipinski definition) is 2. The molecule has 0 heterocycles. The summed E-state index contributed by atoms with van der Waals surface area (Å²) in [4.78, 5) is 13.8. The Morgan fingerprint density at radius 1 is 1.00 bits per heavy atom. The molecule has 0 aliphatic heterocycles. The van der Waals surface area contributed by atoms with Crippen molar-refractivity contribution in [3.05, 3.63) is 77.9 Å². The van der Waals surface area contributed by atoms with E-state index in [9.17, 15) is 4.79 Å². The molecule has 3 aromatic carbocycles. The third kappa shape index (κ3) is 5.05. The molecule has 3 aromatic rings. The molecule has 0 aliphatic carbocycles. The minimum absolute atomic E-state index is 0.154. The molecular formula is C22H21IN2OS. The van der Waals surface area contributed by atoms with Crippen LogP contribution in [0.4, 0.5) is 11.4 Å². The van der Waals surface area contributed by atoms with Crippen LogP contribution in [0, 0.1) is 0 Å². The maximum atomic E-state index is 12.6. The van der Waals surface area contributed by atoms with E-state index < -0.39 is 0 Å². The highest BCUT2D eigenvalue weighted by molar-refractivity contribution is 14.2. The summed E-state index contributed by atoms with van der Waals surface area (Å²) >= 11 is 2.27. The number of nitrogen functional groups attached to an aromatic ring is 1. The van der Waals surface area contributed by atoms with Crippen molar-refractivity contribution in [1.82, 2.24) is 0 Å². The number of halogens is 1. The predicted molar refractivity (Wildman–Crippen MR) is 125 cm³/mol. The van der Waals surface area contributed by atoms with Crippen LogP contribution in [0.25, 0.3) is 11.1 Å². The summed E-state index contributed by atoms with van der Waals surface area (Å²) in [6.07, 6.45) is 2.11. The molecule has 3 nitrogen and oxygen atoms in total. The van der Waals surface area contributed by atoms with Crippen LogP contribution in [0.15, 0.2) is 71.6 Å². The molecule has 0 fully saturated rings. The summed E-state index contributed by atoms with van der Waals surface area (Å²) in [5.74, 6) is -0.154. The quantitative estimate of drug-likeness (QED) is 0.304. The molecule has 27 heavy (non-hydrogen) atoms. The van der Waals surface area contributed by atoms with E-state index in [0.29, 0.717) is 16.9 Å². The fraction of sp³-hybridized carbons (Fsp3) is 0.136. The Morgan fingerprint density at radius 2 is 1.67 bits per heavy atom. The first kappa shape index (κ1) is 19.8. The highest BCUT2D eigenvalue weighted by Crippen LogP contribution is 2.31. The summed E-state index contributed by atoms with van der Waals surface area (Å²) in [6, 6.07) is 21.8. The van der Waals surface area contributed by atoms with Crippen molar-refractivity contribution in [1.29, 1.82) is 0 Å². The average molecular weight is 488 g/mol. The predicted octanol–water partition coefficient (Wildman–Crippen LogP) is 6.58. The van der Waals surface area contributed by atoms with Crippen LogP contribution < -0.4 is 11.1 Å². The zero-order chi connectivity index (χ0) is 19.2. The molecule has 0 bridgehead atoms. The van der Waals surface area contributed by atoms with E-state index in [1.54, 1.807) is 8.93 Å². The van der Waals surface area contributed by atoms with Crippen molar-refractivity contribution in [2.45, 2.75) is 24.7 Å². The Morgan fingerprint density at radius 3 is 2.30 bits per heavy atom. The fourth-order valence-corrected chi connectivity index (χ4v) is 3.97. The van der Waals surface area contributed by atoms with Gasteiger partial charge in [0.2, 0.25) is 0 Å². The molecule has 0 aliphatic rings. The number of hydrogen-bond acceptors (Lipinski definition) is 3. The molecule has 0 saturated heterocycles. The number of benzene rings is 3. The summed E-state index contributed by atoms with van der Waals surface area (Å²) < 4.78 is 0. The molecule has 0 saturated carbocycles. The lowest BCUT2D eigenvalue weighted by Gasteiger charge is -2.11. The number of amides is 1. The van der Waals surface area contributed by atoms with Gasteiger partial charge in [-0.3, -0.25) is 4.79 Å². The average Bonchev–Trinajstić information content (AvgIpc) is 2.70. The van der Waals surface area contributed by atoms with Gasteiger partial charge in [0.05, 0.1) is 11.4 Å². The van der Waals surface area contributed by atoms with E-state index in [1.165, 1.54) is 10.5 Å². The van der Waals surface area contributed by atoms with E-state index in [2.05, 4.69) is 57.7 Å². The van der Waals surface area contributed by atoms with Crippen molar-refractivity contribution in [2.24, 2.45) is 0 Å². The maximum Gasteiger partial charge on any atom is 0.255 e. The van der Waals surface area contributed by atoms with Gasteiger partial charge in [0.25, 0.3) is 5.91 Å².